The van der Waals surface area contributed by atoms with Crippen LogP contribution in [0.15, 0.2) is 42.5 Å². The lowest BCUT2D eigenvalue weighted by Crippen LogP contribution is -2.49. The fraction of sp³-hybridized carbons (Fsp3) is 0.273. The van der Waals surface area contributed by atoms with Crippen molar-refractivity contribution >= 4 is 40.1 Å². The van der Waals surface area contributed by atoms with Crippen LogP contribution in [-0.4, -0.2) is 53.0 Å². The number of aromatic nitrogens is 1. The predicted octanol–water partition coefficient (Wildman–Crippen LogP) is 4.43. The van der Waals surface area contributed by atoms with Gasteiger partial charge in [-0.2, -0.15) is 13.2 Å². The number of rotatable bonds is 4. The summed E-state index contributed by atoms with van der Waals surface area (Å²) in [7, 11) is 0. The van der Waals surface area contributed by atoms with Crippen LogP contribution in [0.25, 0.3) is 10.9 Å². The molecule has 1 saturated heterocycles. The van der Waals surface area contributed by atoms with Gasteiger partial charge in [0.15, 0.2) is 0 Å². The molecule has 0 bridgehead atoms. The van der Waals surface area contributed by atoms with Gasteiger partial charge in [-0.1, -0.05) is 23.7 Å². The number of para-hydroxylation sites is 1. The minimum absolute atomic E-state index is 0.0756. The SMILES string of the molecule is O=C(O)c1[nH]c2ccc(Cl)cc2c1CC(=O)N1CCN(c2ccccc2C(F)(F)F)CC1. The second-order valence-electron chi connectivity index (χ2n) is 7.53. The van der Waals surface area contributed by atoms with Crippen molar-refractivity contribution in [3.63, 3.8) is 0 Å². The van der Waals surface area contributed by atoms with E-state index in [0.717, 1.165) is 6.07 Å². The van der Waals surface area contributed by atoms with Crippen molar-refractivity contribution in [1.82, 2.24) is 9.88 Å². The number of fused-ring (bicyclic) bond motifs is 1. The standard InChI is InChI=1S/C22H19ClF3N3O3/c23-13-5-6-17-14(11-13)15(20(27-17)21(31)32)12-19(30)29-9-7-28(8-10-29)18-4-2-1-3-16(18)22(24,25)26/h1-6,11,27H,7-10,12H2,(H,31,32). The summed E-state index contributed by atoms with van der Waals surface area (Å²) in [6, 6.07) is 10.2. The minimum atomic E-state index is -4.46. The van der Waals surface area contributed by atoms with E-state index in [1.165, 1.54) is 12.1 Å². The molecular formula is C22H19ClF3N3O3. The van der Waals surface area contributed by atoms with Crippen molar-refractivity contribution < 1.29 is 27.9 Å². The molecule has 4 rings (SSSR count). The number of halogens is 4. The lowest BCUT2D eigenvalue weighted by molar-refractivity contribution is -0.137. The van der Waals surface area contributed by atoms with Gasteiger partial charge in [0.05, 0.1) is 12.0 Å². The lowest BCUT2D eigenvalue weighted by Gasteiger charge is -2.37. The number of carbonyl (C=O) groups is 2. The van der Waals surface area contributed by atoms with Gasteiger partial charge in [0.1, 0.15) is 5.69 Å². The van der Waals surface area contributed by atoms with Crippen LogP contribution >= 0.6 is 11.6 Å². The molecule has 32 heavy (non-hydrogen) atoms. The van der Waals surface area contributed by atoms with Gasteiger partial charge in [-0.25, -0.2) is 4.79 Å². The van der Waals surface area contributed by atoms with E-state index < -0.39 is 17.7 Å². The van der Waals surface area contributed by atoms with Crippen LogP contribution in [0.2, 0.25) is 5.02 Å². The van der Waals surface area contributed by atoms with Crippen LogP contribution in [0.5, 0.6) is 0 Å². The molecule has 1 fully saturated rings. The normalized spacial score (nSPS) is 14.8. The van der Waals surface area contributed by atoms with Crippen LogP contribution in [0.4, 0.5) is 18.9 Å². The number of H-pyrrole nitrogens is 1. The number of nitrogens with one attached hydrogen (secondary N) is 1. The number of nitrogens with zero attached hydrogens (tertiary/aromatic N) is 2. The molecule has 0 aliphatic carbocycles. The van der Waals surface area contributed by atoms with Crippen molar-refractivity contribution in [1.29, 1.82) is 0 Å². The van der Waals surface area contributed by atoms with Crippen molar-refractivity contribution in [3.05, 3.63) is 64.3 Å². The number of hydrogen-bond acceptors (Lipinski definition) is 3. The summed E-state index contributed by atoms with van der Waals surface area (Å²) in [6.07, 6.45) is -4.62. The lowest BCUT2D eigenvalue weighted by atomic mass is 10.1. The average molecular weight is 466 g/mol. The molecule has 0 spiro atoms. The zero-order valence-corrected chi connectivity index (χ0v) is 17.5. The van der Waals surface area contributed by atoms with E-state index in [0.29, 0.717) is 21.5 Å². The summed E-state index contributed by atoms with van der Waals surface area (Å²) < 4.78 is 40.0. The number of aromatic carboxylic acids is 1. The third-order valence-electron chi connectivity index (χ3n) is 5.59. The van der Waals surface area contributed by atoms with Crippen molar-refractivity contribution in [3.8, 4) is 0 Å². The van der Waals surface area contributed by atoms with E-state index in [2.05, 4.69) is 4.98 Å². The quantitative estimate of drug-likeness (QED) is 0.597. The number of anilines is 1. The molecule has 1 aliphatic rings. The van der Waals surface area contributed by atoms with Crippen molar-refractivity contribution in [2.45, 2.75) is 12.6 Å². The molecule has 10 heteroatoms. The maximum Gasteiger partial charge on any atom is 0.418 e. The molecule has 1 aliphatic heterocycles. The van der Waals surface area contributed by atoms with Gasteiger partial charge in [-0.05, 0) is 30.3 Å². The number of aromatic amines is 1. The van der Waals surface area contributed by atoms with Gasteiger partial charge in [0, 0.05) is 53.4 Å². The highest BCUT2D eigenvalue weighted by atomic mass is 35.5. The molecule has 168 valence electrons. The molecule has 1 aromatic heterocycles. The highest BCUT2D eigenvalue weighted by Gasteiger charge is 2.35. The zero-order chi connectivity index (χ0) is 23.0. The monoisotopic (exact) mass is 465 g/mol. The maximum absolute atomic E-state index is 13.3. The number of carboxylic acid groups (broad SMARTS) is 1. The summed E-state index contributed by atoms with van der Waals surface area (Å²) in [5.74, 6) is -1.48. The van der Waals surface area contributed by atoms with Gasteiger partial charge < -0.3 is 19.9 Å². The average Bonchev–Trinajstić information content (AvgIpc) is 3.11. The smallest absolute Gasteiger partial charge is 0.418 e. The van der Waals surface area contributed by atoms with E-state index in [4.69, 9.17) is 11.6 Å². The third kappa shape index (κ3) is 4.25. The first-order chi connectivity index (χ1) is 15.1. The van der Waals surface area contributed by atoms with Crippen LogP contribution in [-0.2, 0) is 17.4 Å². The first-order valence-corrected chi connectivity index (χ1v) is 10.3. The Morgan fingerprint density at radius 3 is 2.41 bits per heavy atom. The van der Waals surface area contributed by atoms with Crippen LogP contribution < -0.4 is 4.90 Å². The minimum Gasteiger partial charge on any atom is -0.477 e. The summed E-state index contributed by atoms with van der Waals surface area (Å²) in [4.78, 5) is 30.5. The highest BCUT2D eigenvalue weighted by molar-refractivity contribution is 6.31. The Kier molecular flexibility index (Phi) is 5.77. The van der Waals surface area contributed by atoms with Crippen LogP contribution in [0.3, 0.4) is 0 Å². The Hall–Kier alpha value is -3.20. The molecule has 6 nitrogen and oxygen atoms in total. The fourth-order valence-electron chi connectivity index (χ4n) is 4.03. The fourth-order valence-corrected chi connectivity index (χ4v) is 4.21. The summed E-state index contributed by atoms with van der Waals surface area (Å²) >= 11 is 6.04. The van der Waals surface area contributed by atoms with E-state index in [9.17, 15) is 27.9 Å². The molecule has 0 atom stereocenters. The van der Waals surface area contributed by atoms with Crippen LogP contribution in [0.1, 0.15) is 21.6 Å². The molecule has 2 N–H and O–H groups in total. The number of carbonyl (C=O) groups excluding carboxylic acids is 1. The van der Waals surface area contributed by atoms with Gasteiger partial charge >= 0.3 is 12.1 Å². The Morgan fingerprint density at radius 2 is 1.75 bits per heavy atom. The van der Waals surface area contributed by atoms with E-state index in [-0.39, 0.29) is 49.9 Å². The number of carboxylic acids is 1. The largest absolute Gasteiger partial charge is 0.477 e. The maximum atomic E-state index is 13.3. The number of hydrogen-bond donors (Lipinski definition) is 2. The topological polar surface area (TPSA) is 76.6 Å². The second kappa shape index (κ2) is 8.38. The van der Waals surface area contributed by atoms with E-state index in [1.54, 1.807) is 34.1 Å². The summed E-state index contributed by atoms with van der Waals surface area (Å²) in [6.45, 7) is 0.946. The Labute approximate surface area is 186 Å². The second-order valence-corrected chi connectivity index (χ2v) is 7.97. The highest BCUT2D eigenvalue weighted by Crippen LogP contribution is 2.36. The number of benzene rings is 2. The Morgan fingerprint density at radius 1 is 1.06 bits per heavy atom. The Balaban J connectivity index is 1.51. The first-order valence-electron chi connectivity index (χ1n) is 9.87. The zero-order valence-electron chi connectivity index (χ0n) is 16.7. The number of alkyl halides is 3. The van der Waals surface area contributed by atoms with E-state index >= 15 is 0 Å². The van der Waals surface area contributed by atoms with Crippen molar-refractivity contribution in [2.24, 2.45) is 0 Å². The van der Waals surface area contributed by atoms with Gasteiger partial charge in [-0.15, -0.1) is 0 Å². The van der Waals surface area contributed by atoms with Crippen LogP contribution in [0, 0.1) is 0 Å². The van der Waals surface area contributed by atoms with Gasteiger partial charge in [0.25, 0.3) is 0 Å². The molecule has 2 heterocycles. The molecule has 0 saturated carbocycles. The van der Waals surface area contributed by atoms with E-state index in [1.807, 2.05) is 0 Å². The Bertz CT molecular complexity index is 1180. The molecule has 2 aromatic carbocycles. The molecular weight excluding hydrogens is 447 g/mol. The van der Waals surface area contributed by atoms with Crippen molar-refractivity contribution in [2.75, 3.05) is 31.1 Å². The first kappa shape index (κ1) is 22.0. The molecule has 0 unspecified atom stereocenters. The number of piperazine rings is 1. The summed E-state index contributed by atoms with van der Waals surface area (Å²) in [5.41, 5.74) is 0.203. The molecule has 3 aromatic rings. The predicted molar refractivity (Wildman–Crippen MR) is 114 cm³/mol. The number of amides is 1. The molecule has 0 radical (unpaired) electrons. The van der Waals surface area contributed by atoms with Gasteiger partial charge in [-0.3, -0.25) is 4.79 Å². The van der Waals surface area contributed by atoms with Gasteiger partial charge in [0.2, 0.25) is 5.91 Å². The third-order valence-corrected chi connectivity index (χ3v) is 5.83. The molecule has 1 amide bonds. The summed E-state index contributed by atoms with van der Waals surface area (Å²) in [5, 5.41) is 10.5.